The molecule has 0 saturated carbocycles. The third-order valence-electron chi connectivity index (χ3n) is 4.04. The van der Waals surface area contributed by atoms with E-state index >= 15 is 0 Å². The molecule has 2 aromatic heterocycles. The Morgan fingerprint density at radius 3 is 2.96 bits per heavy atom. The molecule has 0 saturated heterocycles. The number of rotatable bonds is 4. The number of hydrogen-bond donors (Lipinski definition) is 0. The highest BCUT2D eigenvalue weighted by atomic mass is 16.4. The van der Waals surface area contributed by atoms with E-state index in [1.54, 1.807) is 17.2 Å². The lowest BCUT2D eigenvalue weighted by Gasteiger charge is -2.25. The van der Waals surface area contributed by atoms with Crippen LogP contribution in [0.5, 0.6) is 0 Å². The first-order chi connectivity index (χ1) is 11.6. The molecule has 1 aliphatic rings. The first kappa shape index (κ1) is 16.2. The Balaban J connectivity index is 1.81. The number of nitrogens with zero attached hydrogens (tertiary/aromatic N) is 3. The van der Waals surface area contributed by atoms with E-state index in [2.05, 4.69) is 16.5 Å². The molecule has 0 N–H and O–H groups in total. The van der Waals surface area contributed by atoms with Gasteiger partial charge in [0.05, 0.1) is 6.54 Å². The quantitative estimate of drug-likeness (QED) is 0.639. The normalized spacial score (nSPS) is 14.4. The second kappa shape index (κ2) is 6.83. The van der Waals surface area contributed by atoms with E-state index in [1.165, 1.54) is 0 Å². The number of allylic oxidation sites excluding steroid dienone is 1. The number of oxazole rings is 1. The minimum atomic E-state index is -0.00416. The maximum absolute atomic E-state index is 12.6. The zero-order chi connectivity index (χ0) is 17.1. The summed E-state index contributed by atoms with van der Waals surface area (Å²) in [7, 11) is 0. The number of fused-ring (bicyclic) bond motifs is 1. The molecule has 0 atom stereocenters. The van der Waals surface area contributed by atoms with Gasteiger partial charge in [0.1, 0.15) is 17.1 Å². The molecule has 0 aromatic carbocycles. The fourth-order valence-corrected chi connectivity index (χ4v) is 2.74. The average molecular weight is 323 g/mol. The first-order valence-corrected chi connectivity index (χ1v) is 8.15. The Morgan fingerprint density at radius 1 is 1.46 bits per heavy atom. The number of aromatic nitrogens is 2. The molecule has 5 heteroatoms. The predicted molar refractivity (Wildman–Crippen MR) is 92.2 cm³/mol. The van der Waals surface area contributed by atoms with Gasteiger partial charge in [0.2, 0.25) is 5.89 Å². The highest BCUT2D eigenvalue weighted by molar-refractivity contribution is 5.96. The van der Waals surface area contributed by atoms with Gasteiger partial charge in [-0.15, -0.1) is 0 Å². The molecule has 0 bridgehead atoms. The Morgan fingerprint density at radius 2 is 2.29 bits per heavy atom. The van der Waals surface area contributed by atoms with Crippen LogP contribution in [-0.4, -0.2) is 27.3 Å². The number of pyridine rings is 1. The van der Waals surface area contributed by atoms with Crippen molar-refractivity contribution in [3.05, 3.63) is 59.7 Å². The third kappa shape index (κ3) is 3.15. The van der Waals surface area contributed by atoms with E-state index in [9.17, 15) is 4.79 Å². The van der Waals surface area contributed by atoms with Crippen LogP contribution in [0.4, 0.5) is 0 Å². The third-order valence-corrected chi connectivity index (χ3v) is 4.04. The van der Waals surface area contributed by atoms with Crippen molar-refractivity contribution in [2.24, 2.45) is 0 Å². The molecule has 0 fully saturated rings. The molecule has 2 aromatic rings. The van der Waals surface area contributed by atoms with Gasteiger partial charge in [-0.2, -0.15) is 0 Å². The van der Waals surface area contributed by atoms with Crippen molar-refractivity contribution in [2.75, 3.05) is 6.54 Å². The second-order valence-electron chi connectivity index (χ2n) is 5.86. The van der Waals surface area contributed by atoms with Gasteiger partial charge in [0.25, 0.3) is 5.91 Å². The summed E-state index contributed by atoms with van der Waals surface area (Å²) in [5.41, 5.74) is 3.26. The number of aryl methyl sites for hydroxylation is 1. The standard InChI is InChI=1S/C19H21N3O2/c1-4-6-14(5-2)19(23)22-10-9-17-16(12-22)21-18(24-17)15-8-7-13(3)11-20-15/h5-8,11H,2,4,9-10,12H2,1,3H3/b14-6+. The summed E-state index contributed by atoms with van der Waals surface area (Å²) in [5.74, 6) is 1.36. The van der Waals surface area contributed by atoms with Crippen molar-refractivity contribution >= 4 is 5.91 Å². The molecule has 0 radical (unpaired) electrons. The van der Waals surface area contributed by atoms with Crippen molar-refractivity contribution in [1.82, 2.24) is 14.9 Å². The summed E-state index contributed by atoms with van der Waals surface area (Å²) in [6.45, 7) is 8.80. The fourth-order valence-electron chi connectivity index (χ4n) is 2.74. The molecule has 1 aliphatic heterocycles. The van der Waals surface area contributed by atoms with Crippen LogP contribution in [0.15, 0.2) is 47.1 Å². The van der Waals surface area contributed by atoms with Crippen LogP contribution in [0.25, 0.3) is 11.6 Å². The number of carbonyl (C=O) groups is 1. The summed E-state index contributed by atoms with van der Waals surface area (Å²) in [5, 5.41) is 0. The van der Waals surface area contributed by atoms with Gasteiger partial charge in [0, 0.05) is 24.7 Å². The van der Waals surface area contributed by atoms with Gasteiger partial charge in [-0.3, -0.25) is 9.78 Å². The summed E-state index contributed by atoms with van der Waals surface area (Å²) < 4.78 is 5.85. The average Bonchev–Trinajstić information content (AvgIpc) is 3.02. The van der Waals surface area contributed by atoms with Crippen molar-refractivity contribution in [2.45, 2.75) is 33.2 Å². The van der Waals surface area contributed by atoms with Crippen LogP contribution in [0.1, 0.15) is 30.4 Å². The molecule has 5 nitrogen and oxygen atoms in total. The van der Waals surface area contributed by atoms with Crippen LogP contribution in [0, 0.1) is 6.92 Å². The second-order valence-corrected chi connectivity index (χ2v) is 5.86. The van der Waals surface area contributed by atoms with E-state index < -0.39 is 0 Å². The topological polar surface area (TPSA) is 59.2 Å². The number of hydrogen-bond acceptors (Lipinski definition) is 4. The number of carbonyl (C=O) groups excluding carboxylic acids is 1. The van der Waals surface area contributed by atoms with Gasteiger partial charge in [-0.25, -0.2) is 4.98 Å². The Bertz CT molecular complexity index is 787. The monoisotopic (exact) mass is 323 g/mol. The van der Waals surface area contributed by atoms with Gasteiger partial charge < -0.3 is 9.32 Å². The summed E-state index contributed by atoms with van der Waals surface area (Å²) >= 11 is 0. The van der Waals surface area contributed by atoms with E-state index in [0.29, 0.717) is 36.7 Å². The predicted octanol–water partition coefficient (Wildman–Crippen LogP) is 3.45. The Labute approximate surface area is 141 Å². The largest absolute Gasteiger partial charge is 0.439 e. The van der Waals surface area contributed by atoms with Crippen LogP contribution in [-0.2, 0) is 17.8 Å². The minimum Gasteiger partial charge on any atom is -0.439 e. The lowest BCUT2D eigenvalue weighted by Crippen LogP contribution is -2.36. The van der Waals surface area contributed by atoms with Crippen LogP contribution in [0.2, 0.25) is 0 Å². The molecule has 3 rings (SSSR count). The molecular weight excluding hydrogens is 302 g/mol. The molecule has 1 amide bonds. The Kier molecular flexibility index (Phi) is 4.60. The zero-order valence-electron chi connectivity index (χ0n) is 14.1. The van der Waals surface area contributed by atoms with Gasteiger partial charge in [0.15, 0.2) is 0 Å². The molecule has 0 aliphatic carbocycles. The van der Waals surface area contributed by atoms with E-state index in [-0.39, 0.29) is 5.91 Å². The molecule has 0 unspecified atom stereocenters. The maximum atomic E-state index is 12.6. The zero-order valence-corrected chi connectivity index (χ0v) is 14.1. The highest BCUT2D eigenvalue weighted by Gasteiger charge is 2.26. The van der Waals surface area contributed by atoms with Crippen LogP contribution in [0.3, 0.4) is 0 Å². The van der Waals surface area contributed by atoms with E-state index in [4.69, 9.17) is 4.42 Å². The van der Waals surface area contributed by atoms with Crippen molar-refractivity contribution in [1.29, 1.82) is 0 Å². The summed E-state index contributed by atoms with van der Waals surface area (Å²) in [4.78, 5) is 23.2. The lowest BCUT2D eigenvalue weighted by molar-refractivity contribution is -0.127. The molecule has 24 heavy (non-hydrogen) atoms. The van der Waals surface area contributed by atoms with Crippen molar-refractivity contribution < 1.29 is 9.21 Å². The van der Waals surface area contributed by atoms with Crippen LogP contribution < -0.4 is 0 Å². The van der Waals surface area contributed by atoms with E-state index in [0.717, 1.165) is 23.4 Å². The first-order valence-electron chi connectivity index (χ1n) is 8.15. The van der Waals surface area contributed by atoms with Crippen LogP contribution >= 0.6 is 0 Å². The Hall–Kier alpha value is -2.69. The summed E-state index contributed by atoms with van der Waals surface area (Å²) in [6.07, 6.45) is 6.78. The van der Waals surface area contributed by atoms with Gasteiger partial charge in [-0.05, 0) is 25.0 Å². The number of amides is 1. The molecular formula is C19H21N3O2. The van der Waals surface area contributed by atoms with Crippen molar-refractivity contribution in [3.8, 4) is 11.6 Å². The highest BCUT2D eigenvalue weighted by Crippen LogP contribution is 2.26. The molecule has 3 heterocycles. The molecule has 124 valence electrons. The van der Waals surface area contributed by atoms with E-state index in [1.807, 2.05) is 32.1 Å². The van der Waals surface area contributed by atoms with Crippen molar-refractivity contribution in [3.63, 3.8) is 0 Å². The van der Waals surface area contributed by atoms with Gasteiger partial charge >= 0.3 is 0 Å². The SMILES string of the molecule is C=C/C(=C\CC)C(=O)N1CCc2oc(-c3ccc(C)cn3)nc2C1. The van der Waals surface area contributed by atoms with Gasteiger partial charge in [-0.1, -0.05) is 31.7 Å². The minimum absolute atomic E-state index is 0.00416. The smallest absolute Gasteiger partial charge is 0.253 e. The lowest BCUT2D eigenvalue weighted by atomic mass is 10.1. The fraction of sp³-hybridized carbons (Fsp3) is 0.316. The molecule has 0 spiro atoms. The maximum Gasteiger partial charge on any atom is 0.253 e. The summed E-state index contributed by atoms with van der Waals surface area (Å²) in [6, 6.07) is 3.88.